The van der Waals surface area contributed by atoms with Gasteiger partial charge in [0.15, 0.2) is 0 Å². The van der Waals surface area contributed by atoms with E-state index in [1.54, 1.807) is 23.5 Å². The van der Waals surface area contributed by atoms with Gasteiger partial charge in [-0.25, -0.2) is 8.42 Å². The molecule has 190 valence electrons. The summed E-state index contributed by atoms with van der Waals surface area (Å²) in [5, 5.41) is 0. The quantitative estimate of drug-likeness (QED) is 0.485. The molecule has 1 heterocycles. The zero-order valence-corrected chi connectivity index (χ0v) is 22.1. The van der Waals surface area contributed by atoms with Crippen LogP contribution < -0.4 is 4.74 Å². The predicted octanol–water partition coefficient (Wildman–Crippen LogP) is 5.05. The van der Waals surface area contributed by atoms with Crippen LogP contribution in [0.1, 0.15) is 63.5 Å². The first-order chi connectivity index (χ1) is 16.7. The maximum atomic E-state index is 13.7. The van der Waals surface area contributed by atoms with Crippen LogP contribution in [0.25, 0.3) is 0 Å². The lowest BCUT2D eigenvalue weighted by atomic mass is 9.95. The van der Waals surface area contributed by atoms with Crippen molar-refractivity contribution in [1.82, 2.24) is 9.21 Å². The van der Waals surface area contributed by atoms with Crippen LogP contribution in [0.15, 0.2) is 53.4 Å². The lowest BCUT2D eigenvalue weighted by molar-refractivity contribution is -0.140. The van der Waals surface area contributed by atoms with Gasteiger partial charge in [0.05, 0.1) is 12.0 Å². The number of hydrogen-bond acceptors (Lipinski definition) is 4. The Kier molecular flexibility index (Phi) is 7.86. The SMILES string of the molecule is COc1ccc(CN(C(=O)C2CCN(S(=O)(=O)c3ccc(C(C)C)cc3)CC2)C(C)C2CC2)cc1. The lowest BCUT2D eigenvalue weighted by Crippen LogP contribution is -2.47. The third-order valence-electron chi connectivity index (χ3n) is 7.58. The maximum Gasteiger partial charge on any atom is 0.243 e. The molecule has 35 heavy (non-hydrogen) atoms. The fourth-order valence-corrected chi connectivity index (χ4v) is 6.40. The van der Waals surface area contributed by atoms with Crippen LogP contribution in [-0.2, 0) is 21.4 Å². The summed E-state index contributed by atoms with van der Waals surface area (Å²) >= 11 is 0. The number of piperidine rings is 1. The number of carbonyl (C=O) groups excluding carboxylic acids is 1. The predicted molar refractivity (Wildman–Crippen MR) is 138 cm³/mol. The first-order valence-electron chi connectivity index (χ1n) is 12.7. The van der Waals surface area contributed by atoms with Crippen molar-refractivity contribution in [2.75, 3.05) is 20.2 Å². The lowest BCUT2D eigenvalue weighted by Gasteiger charge is -2.36. The van der Waals surface area contributed by atoms with Crippen LogP contribution in [0.4, 0.5) is 0 Å². The number of hydrogen-bond donors (Lipinski definition) is 0. The first kappa shape index (κ1) is 25.7. The van der Waals surface area contributed by atoms with E-state index in [1.807, 2.05) is 41.3 Å². The number of sulfonamides is 1. The number of ether oxygens (including phenoxy) is 1. The molecule has 1 saturated carbocycles. The molecule has 1 aliphatic carbocycles. The van der Waals surface area contributed by atoms with Crippen LogP contribution >= 0.6 is 0 Å². The number of methoxy groups -OCH3 is 1. The highest BCUT2D eigenvalue weighted by Gasteiger charge is 2.39. The normalized spacial score (nSPS) is 18.4. The van der Waals surface area contributed by atoms with E-state index in [1.165, 1.54) is 12.8 Å². The highest BCUT2D eigenvalue weighted by Crippen LogP contribution is 2.37. The van der Waals surface area contributed by atoms with Gasteiger partial charge in [0.2, 0.25) is 15.9 Å². The molecule has 1 aliphatic heterocycles. The summed E-state index contributed by atoms with van der Waals surface area (Å²) in [6.45, 7) is 7.65. The van der Waals surface area contributed by atoms with Crippen LogP contribution in [0.2, 0.25) is 0 Å². The van der Waals surface area contributed by atoms with Gasteiger partial charge < -0.3 is 9.64 Å². The van der Waals surface area contributed by atoms with Crippen molar-refractivity contribution >= 4 is 15.9 Å². The summed E-state index contributed by atoms with van der Waals surface area (Å²) in [6, 6.07) is 15.3. The highest BCUT2D eigenvalue weighted by molar-refractivity contribution is 7.89. The van der Waals surface area contributed by atoms with E-state index >= 15 is 0 Å². The van der Waals surface area contributed by atoms with Crippen LogP contribution in [0, 0.1) is 11.8 Å². The Morgan fingerprint density at radius 3 is 2.09 bits per heavy atom. The molecule has 2 aliphatic rings. The Morgan fingerprint density at radius 1 is 0.971 bits per heavy atom. The molecule has 0 bridgehead atoms. The second kappa shape index (κ2) is 10.7. The largest absolute Gasteiger partial charge is 0.497 e. The van der Waals surface area contributed by atoms with Gasteiger partial charge in [0.25, 0.3) is 0 Å². The van der Waals surface area contributed by atoms with E-state index < -0.39 is 10.0 Å². The van der Waals surface area contributed by atoms with Gasteiger partial charge in [-0.2, -0.15) is 4.31 Å². The minimum atomic E-state index is -3.55. The van der Waals surface area contributed by atoms with Gasteiger partial charge in [-0.1, -0.05) is 38.1 Å². The number of carbonyl (C=O) groups is 1. The van der Waals surface area contributed by atoms with E-state index in [4.69, 9.17) is 4.74 Å². The van der Waals surface area contributed by atoms with Gasteiger partial charge >= 0.3 is 0 Å². The molecule has 0 spiro atoms. The van der Waals surface area contributed by atoms with E-state index in [0.29, 0.717) is 49.2 Å². The van der Waals surface area contributed by atoms with Crippen LogP contribution in [0.3, 0.4) is 0 Å². The number of rotatable bonds is 9. The van der Waals surface area contributed by atoms with Crippen molar-refractivity contribution in [3.8, 4) is 5.75 Å². The molecule has 2 aromatic carbocycles. The zero-order valence-electron chi connectivity index (χ0n) is 21.3. The summed E-state index contributed by atoms with van der Waals surface area (Å²) in [4.78, 5) is 16.0. The zero-order chi connectivity index (χ0) is 25.2. The molecule has 0 aromatic heterocycles. The molecule has 0 radical (unpaired) electrons. The molecule has 7 heteroatoms. The molecular weight excluding hydrogens is 460 g/mol. The van der Waals surface area contributed by atoms with Gasteiger partial charge in [-0.3, -0.25) is 4.79 Å². The van der Waals surface area contributed by atoms with Crippen molar-refractivity contribution < 1.29 is 17.9 Å². The second-order valence-corrected chi connectivity index (χ2v) is 12.2. The topological polar surface area (TPSA) is 66.9 Å². The minimum absolute atomic E-state index is 0.149. The molecule has 1 amide bonds. The van der Waals surface area contributed by atoms with E-state index in [9.17, 15) is 13.2 Å². The fourth-order valence-electron chi connectivity index (χ4n) is 4.93. The molecule has 1 saturated heterocycles. The summed E-state index contributed by atoms with van der Waals surface area (Å²) in [5.41, 5.74) is 2.20. The summed E-state index contributed by atoms with van der Waals surface area (Å²) < 4.78 is 33.2. The molecular formula is C28H38N2O4S. The Labute approximate surface area is 210 Å². The monoisotopic (exact) mass is 498 g/mol. The fraction of sp³-hybridized carbons (Fsp3) is 0.536. The van der Waals surface area contributed by atoms with Crippen molar-refractivity contribution in [1.29, 1.82) is 0 Å². The summed E-state index contributed by atoms with van der Waals surface area (Å²) in [7, 11) is -1.91. The Balaban J connectivity index is 1.42. The number of nitrogens with zero attached hydrogens (tertiary/aromatic N) is 2. The Morgan fingerprint density at radius 2 is 1.57 bits per heavy atom. The van der Waals surface area contributed by atoms with Crippen molar-refractivity contribution in [2.45, 2.75) is 69.9 Å². The Hall–Kier alpha value is -2.38. The average Bonchev–Trinajstić information content (AvgIpc) is 3.73. The van der Waals surface area contributed by atoms with Crippen LogP contribution in [0.5, 0.6) is 5.75 Å². The highest BCUT2D eigenvalue weighted by atomic mass is 32.2. The molecule has 4 rings (SSSR count). The Bertz CT molecular complexity index is 1100. The van der Waals surface area contributed by atoms with Crippen molar-refractivity contribution in [3.63, 3.8) is 0 Å². The first-order valence-corrected chi connectivity index (χ1v) is 14.2. The molecule has 1 unspecified atom stereocenters. The van der Waals surface area contributed by atoms with Crippen molar-refractivity contribution in [2.24, 2.45) is 11.8 Å². The van der Waals surface area contributed by atoms with Gasteiger partial charge in [-0.05, 0) is 79.8 Å². The van der Waals surface area contributed by atoms with Gasteiger partial charge in [0.1, 0.15) is 5.75 Å². The third-order valence-corrected chi connectivity index (χ3v) is 9.49. The minimum Gasteiger partial charge on any atom is -0.497 e. The van der Waals surface area contributed by atoms with E-state index in [-0.39, 0.29) is 17.9 Å². The standard InChI is InChI=1S/C28H38N2O4S/c1-20(2)23-9-13-27(14-10-23)35(32,33)29-17-15-25(16-18-29)28(31)30(21(3)24-7-8-24)19-22-5-11-26(34-4)12-6-22/h5-6,9-14,20-21,24-25H,7-8,15-19H2,1-4H3. The second-order valence-electron chi connectivity index (χ2n) is 10.3. The molecule has 0 N–H and O–H groups in total. The van der Waals surface area contributed by atoms with Gasteiger partial charge in [-0.15, -0.1) is 0 Å². The smallest absolute Gasteiger partial charge is 0.243 e. The molecule has 6 nitrogen and oxygen atoms in total. The van der Waals surface area contributed by atoms with E-state index in [0.717, 1.165) is 16.9 Å². The third kappa shape index (κ3) is 5.89. The van der Waals surface area contributed by atoms with Crippen molar-refractivity contribution in [3.05, 3.63) is 59.7 Å². The summed E-state index contributed by atoms with van der Waals surface area (Å²) in [5.74, 6) is 1.72. The number of benzene rings is 2. The molecule has 2 fully saturated rings. The van der Waals surface area contributed by atoms with Crippen LogP contribution in [-0.4, -0.2) is 49.8 Å². The number of amides is 1. The van der Waals surface area contributed by atoms with E-state index in [2.05, 4.69) is 20.8 Å². The molecule has 2 aromatic rings. The summed E-state index contributed by atoms with van der Waals surface area (Å²) in [6.07, 6.45) is 3.44. The maximum absolute atomic E-state index is 13.7. The van der Waals surface area contributed by atoms with Gasteiger partial charge in [0, 0.05) is 31.6 Å². The average molecular weight is 499 g/mol. The molecule has 1 atom stereocenters.